The van der Waals surface area contributed by atoms with E-state index in [0.717, 1.165) is 65.0 Å². The molecule has 1 saturated carbocycles. The Bertz CT molecular complexity index is 1110. The van der Waals surface area contributed by atoms with Gasteiger partial charge in [0.05, 0.1) is 22.6 Å². The maximum Gasteiger partial charge on any atom is 0.223 e. The van der Waals surface area contributed by atoms with Crippen LogP contribution in [0.3, 0.4) is 0 Å². The van der Waals surface area contributed by atoms with Crippen molar-refractivity contribution in [2.45, 2.75) is 48.5 Å². The number of likely N-dealkylation sites (tertiary alicyclic amines) is 1. The number of thioether (sulfide) groups is 1. The maximum atomic E-state index is 12.3. The molecule has 1 saturated heterocycles. The number of hydrogen-bond donors (Lipinski definition) is 1. The van der Waals surface area contributed by atoms with Gasteiger partial charge in [0, 0.05) is 32.1 Å². The summed E-state index contributed by atoms with van der Waals surface area (Å²) in [5.41, 5.74) is 1.04. The van der Waals surface area contributed by atoms with E-state index in [1.807, 2.05) is 34.5 Å². The third-order valence-corrected chi connectivity index (χ3v) is 8.61. The summed E-state index contributed by atoms with van der Waals surface area (Å²) in [5, 5.41) is 7.93. The lowest BCUT2D eigenvalue weighted by Crippen LogP contribution is -2.41. The average molecular weight is 475 g/mol. The minimum absolute atomic E-state index is 0.148. The molecule has 164 valence electrons. The SMILES string of the molecule is Cn1c(CSc2nc3ccccc3s2)nn(CN2CCC(C(=O)NC3CC3)CC2)c1=S. The number of amides is 1. The van der Waals surface area contributed by atoms with Crippen LogP contribution in [0.25, 0.3) is 10.2 Å². The van der Waals surface area contributed by atoms with Crippen LogP contribution in [0.4, 0.5) is 0 Å². The van der Waals surface area contributed by atoms with Gasteiger partial charge in [-0.25, -0.2) is 9.67 Å². The molecule has 0 spiro atoms. The number of hydrogen-bond acceptors (Lipinski definition) is 7. The minimum atomic E-state index is 0.148. The van der Waals surface area contributed by atoms with Gasteiger partial charge < -0.3 is 9.88 Å². The number of rotatable bonds is 7. The van der Waals surface area contributed by atoms with E-state index in [0.29, 0.717) is 12.7 Å². The van der Waals surface area contributed by atoms with Gasteiger partial charge in [0.25, 0.3) is 0 Å². The molecule has 2 aliphatic rings. The normalized spacial score (nSPS) is 18.0. The highest BCUT2D eigenvalue weighted by molar-refractivity contribution is 8.00. The Hall–Kier alpha value is -1.75. The van der Waals surface area contributed by atoms with E-state index < -0.39 is 0 Å². The smallest absolute Gasteiger partial charge is 0.223 e. The van der Waals surface area contributed by atoms with E-state index in [4.69, 9.17) is 22.3 Å². The van der Waals surface area contributed by atoms with Crippen LogP contribution < -0.4 is 5.32 Å². The molecule has 0 bridgehead atoms. The van der Waals surface area contributed by atoms with Crippen LogP contribution in [0.5, 0.6) is 0 Å². The lowest BCUT2D eigenvalue weighted by atomic mass is 9.96. The quantitative estimate of drug-likeness (QED) is 0.415. The van der Waals surface area contributed by atoms with Crippen LogP contribution in [0, 0.1) is 10.7 Å². The number of piperidine rings is 1. The van der Waals surface area contributed by atoms with Crippen molar-refractivity contribution in [1.29, 1.82) is 0 Å². The second-order valence-corrected chi connectivity index (χ2v) is 10.9. The van der Waals surface area contributed by atoms with Crippen molar-refractivity contribution in [2.24, 2.45) is 13.0 Å². The number of nitrogens with one attached hydrogen (secondary N) is 1. The molecule has 3 heterocycles. The van der Waals surface area contributed by atoms with Crippen LogP contribution in [-0.2, 0) is 24.3 Å². The molecular weight excluding hydrogens is 448 g/mol. The molecule has 2 fully saturated rings. The van der Waals surface area contributed by atoms with Gasteiger partial charge in [0.2, 0.25) is 5.91 Å². The number of fused-ring (bicyclic) bond motifs is 1. The molecule has 1 aliphatic carbocycles. The molecule has 0 radical (unpaired) electrons. The molecule has 5 rings (SSSR count). The average Bonchev–Trinajstić information content (AvgIpc) is 3.43. The molecule has 10 heteroatoms. The van der Waals surface area contributed by atoms with Crippen molar-refractivity contribution in [2.75, 3.05) is 13.1 Å². The minimum Gasteiger partial charge on any atom is -0.353 e. The molecule has 2 aromatic heterocycles. The predicted octanol–water partition coefficient (Wildman–Crippen LogP) is 3.80. The van der Waals surface area contributed by atoms with E-state index >= 15 is 0 Å². The van der Waals surface area contributed by atoms with Crippen molar-refractivity contribution in [3.05, 3.63) is 34.9 Å². The molecule has 0 atom stereocenters. The third-order valence-electron chi connectivity index (χ3n) is 5.95. The number of thiazole rings is 1. The van der Waals surface area contributed by atoms with E-state index in [2.05, 4.69) is 16.3 Å². The topological polar surface area (TPSA) is 68.0 Å². The summed E-state index contributed by atoms with van der Waals surface area (Å²) in [6, 6.07) is 8.65. The molecule has 1 N–H and O–H groups in total. The first-order valence-electron chi connectivity index (χ1n) is 10.7. The van der Waals surface area contributed by atoms with Crippen molar-refractivity contribution in [3.8, 4) is 0 Å². The van der Waals surface area contributed by atoms with E-state index in [1.165, 1.54) is 4.70 Å². The van der Waals surface area contributed by atoms with Gasteiger partial charge in [-0.15, -0.1) is 11.3 Å². The van der Waals surface area contributed by atoms with Gasteiger partial charge in [-0.2, -0.15) is 5.10 Å². The highest BCUT2D eigenvalue weighted by atomic mass is 32.2. The highest BCUT2D eigenvalue weighted by Crippen LogP contribution is 2.31. The van der Waals surface area contributed by atoms with Gasteiger partial charge in [-0.05, 0) is 50.0 Å². The first-order valence-corrected chi connectivity index (χ1v) is 12.9. The van der Waals surface area contributed by atoms with E-state index in [9.17, 15) is 4.79 Å². The predicted molar refractivity (Wildman–Crippen MR) is 127 cm³/mol. The van der Waals surface area contributed by atoms with Crippen LogP contribution in [0.1, 0.15) is 31.5 Å². The number of nitrogens with zero attached hydrogens (tertiary/aromatic N) is 5. The summed E-state index contributed by atoms with van der Waals surface area (Å²) >= 11 is 9.05. The molecule has 3 aromatic rings. The summed E-state index contributed by atoms with van der Waals surface area (Å²) in [4.78, 5) is 19.3. The Balaban J connectivity index is 1.17. The third kappa shape index (κ3) is 4.87. The van der Waals surface area contributed by atoms with Gasteiger partial charge in [-0.3, -0.25) is 9.69 Å². The summed E-state index contributed by atoms with van der Waals surface area (Å²) < 4.78 is 6.89. The van der Waals surface area contributed by atoms with Crippen LogP contribution in [-0.4, -0.2) is 49.3 Å². The zero-order valence-electron chi connectivity index (χ0n) is 17.5. The van der Waals surface area contributed by atoms with E-state index in [1.54, 1.807) is 23.1 Å². The standard InChI is InChI=1S/C21H26N6OS3/c1-25-18(12-30-20-23-16-4-2-3-5-17(16)31-20)24-27(21(25)29)13-26-10-8-14(9-11-26)19(28)22-15-6-7-15/h2-5,14-15H,6-13H2,1H3,(H,22,28). The highest BCUT2D eigenvalue weighted by Gasteiger charge is 2.30. The van der Waals surface area contributed by atoms with Crippen LogP contribution in [0.2, 0.25) is 0 Å². The Kier molecular flexibility index (Phi) is 6.14. The number of aromatic nitrogens is 4. The lowest BCUT2D eigenvalue weighted by Gasteiger charge is -2.30. The molecular formula is C21H26N6OS3. The van der Waals surface area contributed by atoms with E-state index in [-0.39, 0.29) is 11.8 Å². The van der Waals surface area contributed by atoms with Crippen molar-refractivity contribution >= 4 is 51.4 Å². The number of carbonyl (C=O) groups is 1. The number of para-hydroxylation sites is 1. The summed E-state index contributed by atoms with van der Waals surface area (Å²) in [6.07, 6.45) is 4.09. The lowest BCUT2D eigenvalue weighted by molar-refractivity contribution is -0.126. The van der Waals surface area contributed by atoms with Crippen molar-refractivity contribution in [3.63, 3.8) is 0 Å². The van der Waals surface area contributed by atoms with Gasteiger partial charge in [-0.1, -0.05) is 23.9 Å². The molecule has 1 aliphatic heterocycles. The van der Waals surface area contributed by atoms with Gasteiger partial charge >= 0.3 is 0 Å². The van der Waals surface area contributed by atoms with Gasteiger partial charge in [0.1, 0.15) is 5.82 Å². The summed E-state index contributed by atoms with van der Waals surface area (Å²) in [7, 11) is 1.98. The summed E-state index contributed by atoms with van der Waals surface area (Å²) in [5.74, 6) is 2.07. The number of carbonyl (C=O) groups excluding carboxylic acids is 1. The monoisotopic (exact) mass is 474 g/mol. The van der Waals surface area contributed by atoms with Crippen molar-refractivity contribution < 1.29 is 4.79 Å². The Morgan fingerprint density at radius 3 is 2.77 bits per heavy atom. The molecule has 31 heavy (non-hydrogen) atoms. The number of benzene rings is 1. The zero-order chi connectivity index (χ0) is 21.4. The zero-order valence-corrected chi connectivity index (χ0v) is 19.9. The van der Waals surface area contributed by atoms with Crippen molar-refractivity contribution in [1.82, 2.24) is 29.5 Å². The summed E-state index contributed by atoms with van der Waals surface area (Å²) in [6.45, 7) is 2.48. The van der Waals surface area contributed by atoms with Gasteiger partial charge in [0.15, 0.2) is 9.11 Å². The Morgan fingerprint density at radius 1 is 1.26 bits per heavy atom. The maximum absolute atomic E-state index is 12.3. The molecule has 1 aromatic carbocycles. The second kappa shape index (κ2) is 9.01. The fourth-order valence-electron chi connectivity index (χ4n) is 3.86. The van der Waals surface area contributed by atoms with Crippen LogP contribution in [0.15, 0.2) is 28.6 Å². The second-order valence-electron chi connectivity index (χ2n) is 8.31. The molecule has 1 amide bonds. The molecule has 0 unspecified atom stereocenters. The molecule has 7 nitrogen and oxygen atoms in total. The fraction of sp³-hybridized carbons (Fsp3) is 0.524. The fourth-order valence-corrected chi connectivity index (χ4v) is 6.11. The van der Waals surface area contributed by atoms with Crippen LogP contribution >= 0.6 is 35.3 Å². The first kappa shape index (κ1) is 21.1. The first-order chi connectivity index (χ1) is 15.1. The largest absolute Gasteiger partial charge is 0.353 e. The Labute approximate surface area is 194 Å². The Morgan fingerprint density at radius 2 is 2.03 bits per heavy atom.